The van der Waals surface area contributed by atoms with Crippen LogP contribution in [0.2, 0.25) is 0 Å². The molecule has 4 heteroatoms. The number of carbonyl (C=O) groups is 3. The third kappa shape index (κ3) is 3.50. The number of rotatable bonds is 1. The molecule has 1 fully saturated rings. The summed E-state index contributed by atoms with van der Waals surface area (Å²) in [5.74, 6) is -0.451. The largest absolute Gasteiger partial charge is 0.300 e. The Labute approximate surface area is 113 Å². The summed E-state index contributed by atoms with van der Waals surface area (Å²) in [5, 5.41) is 0. The van der Waals surface area contributed by atoms with Crippen molar-refractivity contribution in [3.8, 4) is 0 Å². The number of para-hydroxylation sites is 1. The minimum atomic E-state index is -0.210. The van der Waals surface area contributed by atoms with Gasteiger partial charge >= 0.3 is 0 Å². The zero-order valence-corrected chi connectivity index (χ0v) is 11.7. The van der Waals surface area contributed by atoms with Crippen LogP contribution >= 0.6 is 0 Å². The predicted molar refractivity (Wildman–Crippen MR) is 73.6 cm³/mol. The number of benzene rings is 1. The van der Waals surface area contributed by atoms with E-state index in [-0.39, 0.29) is 29.4 Å². The average molecular weight is 261 g/mol. The molecule has 0 aliphatic carbocycles. The topological polar surface area (TPSA) is 54.5 Å². The van der Waals surface area contributed by atoms with Gasteiger partial charge in [0.05, 0.1) is 5.69 Å². The summed E-state index contributed by atoms with van der Waals surface area (Å²) in [7, 11) is 0. The lowest BCUT2D eigenvalue weighted by atomic mass is 10.00. The Morgan fingerprint density at radius 3 is 1.68 bits per heavy atom. The van der Waals surface area contributed by atoms with Gasteiger partial charge in [0.2, 0.25) is 11.8 Å². The number of nitrogens with zero attached hydrogens (tertiary/aromatic N) is 1. The number of carbonyl (C=O) groups excluding carboxylic acids is 3. The summed E-state index contributed by atoms with van der Waals surface area (Å²) in [6.45, 7) is 6.65. The molecule has 102 valence electrons. The molecule has 0 bridgehead atoms. The number of anilines is 1. The fraction of sp³-hybridized carbons (Fsp3) is 0.400. The van der Waals surface area contributed by atoms with E-state index in [1.807, 2.05) is 18.2 Å². The van der Waals surface area contributed by atoms with Crippen LogP contribution in [0.3, 0.4) is 0 Å². The highest BCUT2D eigenvalue weighted by Gasteiger charge is 2.42. The zero-order chi connectivity index (χ0) is 14.6. The molecular weight excluding hydrogens is 242 g/mol. The van der Waals surface area contributed by atoms with E-state index in [1.54, 1.807) is 26.0 Å². The van der Waals surface area contributed by atoms with E-state index in [9.17, 15) is 14.4 Å². The number of hydrogen-bond acceptors (Lipinski definition) is 3. The first-order valence-electron chi connectivity index (χ1n) is 6.26. The van der Waals surface area contributed by atoms with Gasteiger partial charge in [-0.3, -0.25) is 14.5 Å². The van der Waals surface area contributed by atoms with Crippen molar-refractivity contribution in [1.82, 2.24) is 0 Å². The van der Waals surface area contributed by atoms with Crippen molar-refractivity contribution in [3.63, 3.8) is 0 Å². The summed E-state index contributed by atoms with van der Waals surface area (Å²) in [6, 6.07) is 9.07. The van der Waals surface area contributed by atoms with E-state index in [4.69, 9.17) is 0 Å². The minimum absolute atomic E-state index is 0.0984. The first-order chi connectivity index (χ1) is 8.86. The van der Waals surface area contributed by atoms with Crippen molar-refractivity contribution in [2.45, 2.75) is 27.7 Å². The van der Waals surface area contributed by atoms with Crippen LogP contribution < -0.4 is 4.90 Å². The molecule has 1 saturated heterocycles. The Balaban J connectivity index is 0.000000399. The maximum Gasteiger partial charge on any atom is 0.237 e. The molecule has 1 aliphatic heterocycles. The fourth-order valence-electron chi connectivity index (χ4n) is 1.78. The highest BCUT2D eigenvalue weighted by atomic mass is 16.2. The lowest BCUT2D eigenvalue weighted by Crippen LogP contribution is -2.30. The molecule has 0 radical (unpaired) electrons. The molecule has 1 aromatic rings. The first-order valence-corrected chi connectivity index (χ1v) is 6.26. The van der Waals surface area contributed by atoms with Crippen molar-refractivity contribution < 1.29 is 14.4 Å². The molecule has 1 aliphatic rings. The Bertz CT molecular complexity index is 457. The Morgan fingerprint density at radius 1 is 0.947 bits per heavy atom. The van der Waals surface area contributed by atoms with Crippen molar-refractivity contribution in [2.24, 2.45) is 11.8 Å². The fourth-order valence-corrected chi connectivity index (χ4v) is 1.78. The highest BCUT2D eigenvalue weighted by molar-refractivity contribution is 6.21. The highest BCUT2D eigenvalue weighted by Crippen LogP contribution is 2.29. The molecule has 2 rings (SSSR count). The van der Waals surface area contributed by atoms with Gasteiger partial charge in [0.25, 0.3) is 0 Å². The average Bonchev–Trinajstić information content (AvgIpc) is 2.54. The van der Waals surface area contributed by atoms with Gasteiger partial charge in [-0.25, -0.2) is 0 Å². The van der Waals surface area contributed by atoms with Gasteiger partial charge in [-0.2, -0.15) is 0 Å². The smallest absolute Gasteiger partial charge is 0.237 e. The van der Waals surface area contributed by atoms with Crippen LogP contribution in [0.4, 0.5) is 5.69 Å². The van der Waals surface area contributed by atoms with Crippen LogP contribution in [-0.4, -0.2) is 17.6 Å². The Kier molecular flexibility index (Phi) is 4.98. The molecule has 2 unspecified atom stereocenters. The molecule has 0 spiro atoms. The van der Waals surface area contributed by atoms with Gasteiger partial charge in [0.15, 0.2) is 0 Å². The lowest BCUT2D eigenvalue weighted by Gasteiger charge is -2.13. The van der Waals surface area contributed by atoms with Crippen LogP contribution in [0.15, 0.2) is 30.3 Å². The monoisotopic (exact) mass is 261 g/mol. The van der Waals surface area contributed by atoms with Crippen LogP contribution in [0.25, 0.3) is 0 Å². The zero-order valence-electron chi connectivity index (χ0n) is 11.7. The third-order valence-corrected chi connectivity index (χ3v) is 2.98. The summed E-state index contributed by atoms with van der Waals surface area (Å²) >= 11 is 0. The SMILES string of the molecule is CC(C)=O.CC1C(=O)N(c2ccccc2)C(=O)C1C. The van der Waals surface area contributed by atoms with Crippen LogP contribution in [0, 0.1) is 11.8 Å². The molecule has 2 amide bonds. The van der Waals surface area contributed by atoms with Crippen molar-refractivity contribution in [2.75, 3.05) is 4.90 Å². The van der Waals surface area contributed by atoms with Gasteiger partial charge in [0.1, 0.15) is 5.78 Å². The van der Waals surface area contributed by atoms with E-state index in [2.05, 4.69) is 0 Å². The van der Waals surface area contributed by atoms with Crippen LogP contribution in [0.5, 0.6) is 0 Å². The summed E-state index contributed by atoms with van der Waals surface area (Å²) < 4.78 is 0. The number of Topliss-reactive ketones (excluding diaryl/α,β-unsaturated/α-hetero) is 1. The molecule has 2 atom stereocenters. The van der Waals surface area contributed by atoms with Gasteiger partial charge < -0.3 is 4.79 Å². The van der Waals surface area contributed by atoms with Crippen molar-refractivity contribution in [3.05, 3.63) is 30.3 Å². The molecular formula is C15H19NO3. The molecule has 0 aromatic heterocycles. The third-order valence-electron chi connectivity index (χ3n) is 2.98. The van der Waals surface area contributed by atoms with Crippen LogP contribution in [0.1, 0.15) is 27.7 Å². The number of imide groups is 1. The van der Waals surface area contributed by atoms with E-state index in [0.29, 0.717) is 5.69 Å². The number of hydrogen-bond donors (Lipinski definition) is 0. The molecule has 4 nitrogen and oxygen atoms in total. The second-order valence-corrected chi connectivity index (χ2v) is 4.83. The standard InChI is InChI=1S/C12H13NO2.C3H6O/c1-8-9(2)12(15)13(11(8)14)10-6-4-3-5-7-10;1-3(2)4/h3-9H,1-2H3;1-2H3. The van der Waals surface area contributed by atoms with Crippen LogP contribution in [-0.2, 0) is 14.4 Å². The summed E-state index contributed by atoms with van der Waals surface area (Å²) in [6.07, 6.45) is 0. The quantitative estimate of drug-likeness (QED) is 0.729. The molecule has 0 N–H and O–H groups in total. The minimum Gasteiger partial charge on any atom is -0.300 e. The van der Waals surface area contributed by atoms with Gasteiger partial charge in [-0.15, -0.1) is 0 Å². The van der Waals surface area contributed by atoms with Gasteiger partial charge in [-0.1, -0.05) is 32.0 Å². The van der Waals surface area contributed by atoms with E-state index in [1.165, 1.54) is 18.7 Å². The van der Waals surface area contributed by atoms with Gasteiger partial charge in [-0.05, 0) is 26.0 Å². The summed E-state index contributed by atoms with van der Waals surface area (Å²) in [5.41, 5.74) is 0.670. The maximum absolute atomic E-state index is 11.8. The van der Waals surface area contributed by atoms with E-state index in [0.717, 1.165) is 0 Å². The molecule has 19 heavy (non-hydrogen) atoms. The van der Waals surface area contributed by atoms with Crippen molar-refractivity contribution >= 4 is 23.3 Å². The second-order valence-electron chi connectivity index (χ2n) is 4.83. The number of amides is 2. The number of ketones is 1. The second kappa shape index (κ2) is 6.27. The first kappa shape index (κ1) is 15.1. The Hall–Kier alpha value is -1.97. The van der Waals surface area contributed by atoms with Crippen molar-refractivity contribution in [1.29, 1.82) is 0 Å². The molecule has 1 heterocycles. The van der Waals surface area contributed by atoms with E-state index < -0.39 is 0 Å². The Morgan fingerprint density at radius 2 is 1.32 bits per heavy atom. The lowest BCUT2D eigenvalue weighted by molar-refractivity contribution is -0.122. The van der Waals surface area contributed by atoms with Gasteiger partial charge in [0, 0.05) is 11.8 Å². The predicted octanol–water partition coefficient (Wildman–Crippen LogP) is 2.43. The normalized spacial score (nSPS) is 22.0. The molecule has 0 saturated carbocycles. The maximum atomic E-state index is 11.8. The summed E-state index contributed by atoms with van der Waals surface area (Å²) in [4.78, 5) is 34.4. The molecule has 1 aromatic carbocycles. The van der Waals surface area contributed by atoms with E-state index >= 15 is 0 Å².